The van der Waals surface area contributed by atoms with Gasteiger partial charge in [0.25, 0.3) is 0 Å². The predicted molar refractivity (Wildman–Crippen MR) is 225 cm³/mol. The summed E-state index contributed by atoms with van der Waals surface area (Å²) in [6.07, 6.45) is 7.32. The number of para-hydroxylation sites is 1. The van der Waals surface area contributed by atoms with Gasteiger partial charge < -0.3 is 5.32 Å². The number of anilines is 1. The van der Waals surface area contributed by atoms with Gasteiger partial charge >= 0.3 is 0 Å². The molecule has 0 atom stereocenters. The quantitative estimate of drug-likeness (QED) is 0.0725. The number of hydrogen-bond acceptors (Lipinski definition) is 2. The molecular weight excluding hydrogens is 708 g/mol. The fraction of sp³-hybridized carbons (Fsp3) is 0.122. The monoisotopic (exact) mass is 754 g/mol. The minimum absolute atomic E-state index is 0. The molecule has 0 aromatic heterocycles. The van der Waals surface area contributed by atoms with Crippen molar-refractivity contribution in [2.45, 2.75) is 39.5 Å². The molecule has 4 heteroatoms. The van der Waals surface area contributed by atoms with Crippen LogP contribution in [-0.4, -0.2) is 5.78 Å². The maximum atomic E-state index is 12.6. The van der Waals surface area contributed by atoms with Gasteiger partial charge in [-0.15, -0.1) is 0 Å². The van der Waals surface area contributed by atoms with E-state index in [9.17, 15) is 4.79 Å². The zero-order valence-corrected chi connectivity index (χ0v) is 32.7. The Balaban J connectivity index is 0.000000208. The molecule has 53 heavy (non-hydrogen) atoms. The van der Waals surface area contributed by atoms with Gasteiger partial charge in [-0.3, -0.25) is 4.79 Å². The topological polar surface area (TPSA) is 29.1 Å². The van der Waals surface area contributed by atoms with E-state index in [2.05, 4.69) is 148 Å². The van der Waals surface area contributed by atoms with Gasteiger partial charge in [0, 0.05) is 34.0 Å². The molecule has 7 rings (SSSR count). The molecule has 6 aromatic carbocycles. The fourth-order valence-corrected chi connectivity index (χ4v) is 8.25. The summed E-state index contributed by atoms with van der Waals surface area (Å²) in [7, 11) is -0.446. The summed E-state index contributed by atoms with van der Waals surface area (Å²) < 4.78 is 0. The summed E-state index contributed by atoms with van der Waals surface area (Å²) >= 11 is 0. The second-order valence-electron chi connectivity index (χ2n) is 12.9. The van der Waals surface area contributed by atoms with E-state index in [0.717, 1.165) is 16.8 Å². The van der Waals surface area contributed by atoms with Gasteiger partial charge in [-0.25, -0.2) is 0 Å². The van der Waals surface area contributed by atoms with Crippen LogP contribution in [0, 0.1) is 6.07 Å². The first-order valence-electron chi connectivity index (χ1n) is 17.9. The molecule has 270 valence electrons. The molecule has 0 saturated carbocycles. The number of rotatable bonds is 8. The number of carbonyl (C=O) groups is 1. The van der Waals surface area contributed by atoms with Gasteiger partial charge in [0.05, 0.1) is 0 Å². The van der Waals surface area contributed by atoms with Crippen molar-refractivity contribution in [3.05, 3.63) is 223 Å². The molecule has 1 aliphatic carbocycles. The normalized spacial score (nSPS) is 12.6. The van der Waals surface area contributed by atoms with Crippen LogP contribution >= 0.6 is 7.92 Å². The molecule has 1 N–H and O–H groups in total. The van der Waals surface area contributed by atoms with Crippen molar-refractivity contribution in [2.24, 2.45) is 0 Å². The second kappa shape index (κ2) is 21.5. The first-order valence-corrected chi connectivity index (χ1v) is 19.2. The minimum atomic E-state index is -0.446. The molecule has 0 radical (unpaired) electrons. The zero-order chi connectivity index (χ0) is 36.5. The van der Waals surface area contributed by atoms with E-state index in [-0.39, 0.29) is 22.3 Å². The van der Waals surface area contributed by atoms with Crippen molar-refractivity contribution in [2.75, 3.05) is 5.32 Å². The Bertz CT molecular complexity index is 1910. The van der Waals surface area contributed by atoms with Crippen LogP contribution in [0.5, 0.6) is 0 Å². The van der Waals surface area contributed by atoms with Crippen LogP contribution in [0.4, 0.5) is 5.69 Å². The number of carbonyl (C=O) groups excluding carboxylic acids is 1. The average molecular weight is 756 g/mol. The van der Waals surface area contributed by atoms with E-state index in [1.165, 1.54) is 27.0 Å². The molecule has 0 bridgehead atoms. The molecule has 0 aliphatic heterocycles. The average Bonchev–Trinajstić information content (AvgIpc) is 3.20. The van der Waals surface area contributed by atoms with Crippen molar-refractivity contribution in [1.29, 1.82) is 0 Å². The Kier molecular flexibility index (Phi) is 16.5. The Hall–Kier alpha value is -5.07. The van der Waals surface area contributed by atoms with Crippen LogP contribution in [0.2, 0.25) is 0 Å². The van der Waals surface area contributed by atoms with E-state index >= 15 is 0 Å². The number of nitrogens with one attached hydrogen (secondary N) is 1. The maximum absolute atomic E-state index is 12.6. The molecule has 0 amide bonds. The molecule has 6 aromatic rings. The van der Waals surface area contributed by atoms with Gasteiger partial charge in [-0.05, 0) is 64.0 Å². The van der Waals surface area contributed by atoms with Gasteiger partial charge in [0.1, 0.15) is 0 Å². The molecule has 0 unspecified atom stereocenters. The third-order valence-corrected chi connectivity index (χ3v) is 11.0. The third kappa shape index (κ3) is 11.7. The standard InChI is InChI=1S/C25H27NO.C18H15P.C6H5.Ni/c1-17(2)20-12-8-13-21(18(3)4)25(20)26-16-23-22(14-9-15-24(23)27)19-10-6-5-7-11-19;1-4-10-16(11-5-1)19(17-12-6-2-7-13-17)18-14-8-3-9-15-18;1-2-4-6-5-3-1;/h5-18,26H,1-4H3;1-15H;1-5H;/q;;-1;/b23-16-;;;. The molecule has 2 nitrogen and oxygen atoms in total. The number of ketones is 1. The van der Waals surface area contributed by atoms with E-state index < -0.39 is 7.92 Å². The first-order chi connectivity index (χ1) is 25.4. The maximum Gasteiger partial charge on any atom is 0.187 e. The van der Waals surface area contributed by atoms with Gasteiger partial charge in [-0.1, -0.05) is 179 Å². The Labute approximate surface area is 328 Å². The predicted octanol–water partition coefficient (Wildman–Crippen LogP) is 11.4. The van der Waals surface area contributed by atoms with E-state index in [0.29, 0.717) is 17.4 Å². The smallest absolute Gasteiger partial charge is 0.187 e. The molecule has 0 saturated heterocycles. The first kappa shape index (κ1) is 40.7. The minimum Gasteiger partial charge on any atom is -0.360 e. The summed E-state index contributed by atoms with van der Waals surface area (Å²) in [5, 5.41) is 7.68. The fourth-order valence-electron chi connectivity index (χ4n) is 5.94. The summed E-state index contributed by atoms with van der Waals surface area (Å²) in [5.41, 5.74) is 6.33. The summed E-state index contributed by atoms with van der Waals surface area (Å²) in [6.45, 7) is 8.78. The van der Waals surface area contributed by atoms with Crippen LogP contribution in [0.25, 0.3) is 5.57 Å². The van der Waals surface area contributed by atoms with Gasteiger partial charge in [0.15, 0.2) is 5.78 Å². The van der Waals surface area contributed by atoms with E-state index in [1.807, 2.05) is 79.0 Å². The second-order valence-corrected chi connectivity index (χ2v) is 15.1. The van der Waals surface area contributed by atoms with Crippen molar-refractivity contribution >= 4 is 40.9 Å². The summed E-state index contributed by atoms with van der Waals surface area (Å²) in [5.74, 6) is 0.823. The third-order valence-electron chi connectivity index (χ3n) is 8.53. The van der Waals surface area contributed by atoms with Crippen molar-refractivity contribution in [1.82, 2.24) is 0 Å². The van der Waals surface area contributed by atoms with Crippen molar-refractivity contribution < 1.29 is 21.3 Å². The van der Waals surface area contributed by atoms with Crippen LogP contribution in [0.1, 0.15) is 56.2 Å². The Morgan fingerprint density at radius 2 is 1.00 bits per heavy atom. The zero-order valence-electron chi connectivity index (χ0n) is 30.8. The Morgan fingerprint density at radius 1 is 0.566 bits per heavy atom. The van der Waals surface area contributed by atoms with Crippen LogP contribution in [0.3, 0.4) is 0 Å². The molecule has 1 aliphatic rings. The summed E-state index contributed by atoms with van der Waals surface area (Å²) in [4.78, 5) is 12.6. The van der Waals surface area contributed by atoms with Gasteiger partial charge in [0.2, 0.25) is 0 Å². The van der Waals surface area contributed by atoms with Crippen molar-refractivity contribution in [3.63, 3.8) is 0 Å². The Morgan fingerprint density at radius 3 is 1.40 bits per heavy atom. The largest absolute Gasteiger partial charge is 0.360 e. The molecule has 0 heterocycles. The molecular formula is C49H47NNiOP-. The van der Waals surface area contributed by atoms with E-state index in [4.69, 9.17) is 0 Å². The molecule has 0 fully saturated rings. The van der Waals surface area contributed by atoms with Crippen LogP contribution in [0.15, 0.2) is 200 Å². The van der Waals surface area contributed by atoms with E-state index in [1.54, 1.807) is 6.08 Å². The molecule has 0 spiro atoms. The SMILES string of the molecule is CC(C)c1cccc(C(C)C)c1N/C=C1\C(=O)C=CC=C1c1ccccc1.[Ni].[c-]1ccccc1.c1ccc(P(c2ccccc2)c2ccccc2)cc1. The van der Waals surface area contributed by atoms with Gasteiger partial charge in [-0.2, -0.15) is 36.4 Å². The van der Waals surface area contributed by atoms with Crippen molar-refractivity contribution in [3.8, 4) is 0 Å². The number of benzene rings is 6. The number of allylic oxidation sites excluding steroid dienone is 5. The van der Waals surface area contributed by atoms with Crippen LogP contribution in [-0.2, 0) is 21.3 Å². The summed E-state index contributed by atoms with van der Waals surface area (Å²) in [6, 6.07) is 61.3. The number of hydrogen-bond donors (Lipinski definition) is 1. The van der Waals surface area contributed by atoms with Crippen LogP contribution < -0.4 is 21.2 Å².